The normalized spacial score (nSPS) is 15.4. The summed E-state index contributed by atoms with van der Waals surface area (Å²) < 4.78 is 1.81. The van der Waals surface area contributed by atoms with Crippen LogP contribution < -0.4 is 10.6 Å². The molecule has 0 aliphatic carbocycles. The van der Waals surface area contributed by atoms with Crippen molar-refractivity contribution in [1.82, 2.24) is 19.7 Å². The molecule has 2 aromatic heterocycles. The molecule has 226 valence electrons. The zero-order valence-electron chi connectivity index (χ0n) is 26.7. The Kier molecular flexibility index (Phi) is 11.6. The van der Waals surface area contributed by atoms with Gasteiger partial charge in [-0.3, -0.25) is 24.2 Å². The number of anilines is 2. The molecule has 0 spiro atoms. The van der Waals surface area contributed by atoms with E-state index in [2.05, 4.69) is 73.2 Å². The van der Waals surface area contributed by atoms with Crippen molar-refractivity contribution in [3.05, 3.63) is 76.9 Å². The van der Waals surface area contributed by atoms with Gasteiger partial charge in [-0.05, 0) is 77.2 Å². The van der Waals surface area contributed by atoms with Crippen LogP contribution in [0.2, 0.25) is 0 Å². The van der Waals surface area contributed by atoms with Crippen LogP contribution in [0.25, 0.3) is 5.57 Å². The van der Waals surface area contributed by atoms with Crippen molar-refractivity contribution in [1.29, 1.82) is 0 Å². The van der Waals surface area contributed by atoms with Gasteiger partial charge in [0.2, 0.25) is 5.91 Å². The van der Waals surface area contributed by atoms with Gasteiger partial charge in [0, 0.05) is 36.5 Å². The number of aryl methyl sites for hydroxylation is 2. The minimum Gasteiger partial charge on any atom is -0.324 e. The second kappa shape index (κ2) is 14.9. The fourth-order valence-electron chi connectivity index (χ4n) is 4.71. The Labute approximate surface area is 251 Å². The summed E-state index contributed by atoms with van der Waals surface area (Å²) >= 11 is 0. The SMILES string of the molecule is CCC/C=C/C(=C\C(/C=C(\CCC)c1cnn(C)c1)=C(C)C)C(=O)Nc1cc(NC(=O)CN2CCC2(C)C)cnc1C. The molecule has 2 amide bonds. The number of carbonyl (C=O) groups is 2. The molecule has 1 aliphatic rings. The van der Waals surface area contributed by atoms with Gasteiger partial charge in [-0.15, -0.1) is 0 Å². The van der Waals surface area contributed by atoms with Crippen molar-refractivity contribution in [3.8, 4) is 0 Å². The van der Waals surface area contributed by atoms with Crippen LogP contribution in [-0.2, 0) is 16.6 Å². The fourth-order valence-corrected chi connectivity index (χ4v) is 4.71. The lowest BCUT2D eigenvalue weighted by Crippen LogP contribution is -2.57. The smallest absolute Gasteiger partial charge is 0.255 e. The summed E-state index contributed by atoms with van der Waals surface area (Å²) in [5.74, 6) is -0.325. The Bertz CT molecular complexity index is 1390. The molecule has 42 heavy (non-hydrogen) atoms. The van der Waals surface area contributed by atoms with Crippen LogP contribution in [0.4, 0.5) is 11.4 Å². The molecular formula is C34H48N6O2. The first-order valence-electron chi connectivity index (χ1n) is 15.0. The third-order valence-corrected chi connectivity index (χ3v) is 7.63. The van der Waals surface area contributed by atoms with Crippen LogP contribution in [0.5, 0.6) is 0 Å². The maximum atomic E-state index is 13.7. The van der Waals surface area contributed by atoms with Gasteiger partial charge < -0.3 is 10.6 Å². The third kappa shape index (κ3) is 9.11. The molecule has 2 aromatic rings. The molecule has 8 nitrogen and oxygen atoms in total. The molecule has 0 aromatic carbocycles. The lowest BCUT2D eigenvalue weighted by molar-refractivity contribution is -0.121. The van der Waals surface area contributed by atoms with E-state index in [9.17, 15) is 9.59 Å². The average molecular weight is 573 g/mol. The van der Waals surface area contributed by atoms with Crippen molar-refractivity contribution in [2.45, 2.75) is 86.1 Å². The molecule has 0 radical (unpaired) electrons. The van der Waals surface area contributed by atoms with Crippen LogP contribution in [0.1, 0.15) is 84.9 Å². The first-order valence-corrected chi connectivity index (χ1v) is 15.0. The van der Waals surface area contributed by atoms with Gasteiger partial charge in [0.1, 0.15) is 0 Å². The van der Waals surface area contributed by atoms with E-state index >= 15 is 0 Å². The number of aromatic nitrogens is 3. The van der Waals surface area contributed by atoms with E-state index in [1.807, 2.05) is 49.3 Å². The fraction of sp³-hybridized carbons (Fsp3) is 0.471. The van der Waals surface area contributed by atoms with E-state index < -0.39 is 0 Å². The van der Waals surface area contributed by atoms with E-state index in [1.54, 1.807) is 12.3 Å². The Balaban J connectivity index is 1.87. The van der Waals surface area contributed by atoms with Gasteiger partial charge >= 0.3 is 0 Å². The van der Waals surface area contributed by atoms with Crippen LogP contribution >= 0.6 is 0 Å². The number of carbonyl (C=O) groups excluding carboxylic acids is 2. The zero-order valence-corrected chi connectivity index (χ0v) is 26.7. The number of amides is 2. The summed E-state index contributed by atoms with van der Waals surface area (Å²) in [4.78, 5) is 33.0. The molecule has 1 fully saturated rings. The zero-order chi connectivity index (χ0) is 30.9. The molecule has 2 N–H and O–H groups in total. The van der Waals surface area contributed by atoms with E-state index in [4.69, 9.17) is 0 Å². The van der Waals surface area contributed by atoms with Crippen LogP contribution in [0.15, 0.2) is 65.7 Å². The Hall–Kier alpha value is -3.78. The van der Waals surface area contributed by atoms with E-state index in [1.165, 1.54) is 5.57 Å². The molecular weight excluding hydrogens is 524 g/mol. The van der Waals surface area contributed by atoms with Crippen molar-refractivity contribution in [2.75, 3.05) is 23.7 Å². The Morgan fingerprint density at radius 3 is 2.43 bits per heavy atom. The number of unbranched alkanes of at least 4 members (excludes halogenated alkanes) is 1. The quantitative estimate of drug-likeness (QED) is 0.199. The first kappa shape index (κ1) is 32.7. The summed E-state index contributed by atoms with van der Waals surface area (Å²) in [5, 5.41) is 10.3. The van der Waals surface area contributed by atoms with Crippen molar-refractivity contribution in [3.63, 3.8) is 0 Å². The predicted molar refractivity (Wildman–Crippen MR) is 173 cm³/mol. The highest BCUT2D eigenvalue weighted by Gasteiger charge is 2.36. The monoisotopic (exact) mass is 572 g/mol. The van der Waals surface area contributed by atoms with Gasteiger partial charge in [0.25, 0.3) is 5.91 Å². The summed E-state index contributed by atoms with van der Waals surface area (Å²) in [5.41, 5.74) is 6.74. The topological polar surface area (TPSA) is 92.2 Å². The second-order valence-corrected chi connectivity index (χ2v) is 11.9. The van der Waals surface area contributed by atoms with Gasteiger partial charge in [-0.2, -0.15) is 5.10 Å². The number of pyridine rings is 1. The van der Waals surface area contributed by atoms with Gasteiger partial charge in [-0.1, -0.05) is 50.5 Å². The average Bonchev–Trinajstić information content (AvgIpc) is 3.37. The Morgan fingerprint density at radius 2 is 1.86 bits per heavy atom. The number of nitrogens with zero attached hydrogens (tertiary/aromatic N) is 4. The van der Waals surface area contributed by atoms with E-state index in [0.717, 1.165) is 55.4 Å². The molecule has 0 atom stereocenters. The summed E-state index contributed by atoms with van der Waals surface area (Å²) in [6.07, 6.45) is 18.4. The largest absolute Gasteiger partial charge is 0.324 e. The molecule has 3 rings (SSSR count). The highest BCUT2D eigenvalue weighted by atomic mass is 16.2. The summed E-state index contributed by atoms with van der Waals surface area (Å²) in [6, 6.07) is 1.77. The molecule has 1 saturated heterocycles. The number of likely N-dealkylation sites (tertiary alicyclic amines) is 1. The predicted octanol–water partition coefficient (Wildman–Crippen LogP) is 6.99. The van der Waals surface area contributed by atoms with Gasteiger partial charge in [0.15, 0.2) is 0 Å². The number of rotatable bonds is 13. The maximum Gasteiger partial charge on any atom is 0.255 e. The number of nitrogens with one attached hydrogen (secondary N) is 2. The lowest BCUT2D eigenvalue weighted by atomic mass is 9.89. The van der Waals surface area contributed by atoms with Gasteiger partial charge in [0.05, 0.1) is 36.0 Å². The summed E-state index contributed by atoms with van der Waals surface area (Å²) in [6.45, 7) is 15.8. The highest BCUT2D eigenvalue weighted by molar-refractivity contribution is 6.07. The molecule has 1 aliphatic heterocycles. The van der Waals surface area contributed by atoms with Crippen LogP contribution in [0.3, 0.4) is 0 Å². The van der Waals surface area contributed by atoms with Crippen molar-refractivity contribution < 1.29 is 9.59 Å². The molecule has 0 unspecified atom stereocenters. The van der Waals surface area contributed by atoms with Crippen LogP contribution in [-0.4, -0.2) is 50.1 Å². The molecule has 8 heteroatoms. The maximum absolute atomic E-state index is 13.7. The number of hydrogen-bond acceptors (Lipinski definition) is 5. The highest BCUT2D eigenvalue weighted by Crippen LogP contribution is 2.29. The first-order chi connectivity index (χ1) is 19.9. The number of hydrogen-bond donors (Lipinski definition) is 2. The minimum absolute atomic E-state index is 0.0463. The lowest BCUT2D eigenvalue weighted by Gasteiger charge is -2.48. The standard InChI is InChI=1S/C34H48N6O2/c1-9-11-12-14-27(18-28(24(3)4)17-26(13-10-2)29-20-36-39(8)22-29)33(42)38-31-19-30(21-35-25(31)5)37-32(41)23-40-16-15-34(40,6)7/h12,14,17-22H,9-11,13,15-16,23H2,1-8H3,(H,37,41)(H,38,42)/b14-12+,26-17+,27-18+. The second-order valence-electron chi connectivity index (χ2n) is 11.9. The third-order valence-electron chi connectivity index (χ3n) is 7.63. The van der Waals surface area contributed by atoms with Gasteiger partial charge in [-0.25, -0.2) is 0 Å². The van der Waals surface area contributed by atoms with Crippen molar-refractivity contribution >= 4 is 28.8 Å². The molecule has 0 saturated carbocycles. The van der Waals surface area contributed by atoms with E-state index in [0.29, 0.717) is 29.2 Å². The molecule has 3 heterocycles. The molecule has 0 bridgehead atoms. The van der Waals surface area contributed by atoms with E-state index in [-0.39, 0.29) is 17.4 Å². The number of allylic oxidation sites excluding steroid dienone is 6. The Morgan fingerprint density at radius 1 is 1.10 bits per heavy atom. The summed E-state index contributed by atoms with van der Waals surface area (Å²) in [7, 11) is 1.92. The van der Waals surface area contributed by atoms with Crippen molar-refractivity contribution in [2.24, 2.45) is 7.05 Å². The van der Waals surface area contributed by atoms with Crippen LogP contribution in [0, 0.1) is 6.92 Å². The minimum atomic E-state index is -0.233.